The Bertz CT molecular complexity index is 1250. The summed E-state index contributed by atoms with van der Waals surface area (Å²) in [6, 6.07) is 15.0. The Kier molecular flexibility index (Phi) is 4.29. The first-order valence-corrected chi connectivity index (χ1v) is 10.6. The van der Waals surface area contributed by atoms with Crippen molar-refractivity contribution in [2.75, 3.05) is 36.0 Å². The molecule has 1 aliphatic carbocycles. The number of aromatic nitrogens is 4. The van der Waals surface area contributed by atoms with Gasteiger partial charge in [0.25, 0.3) is 5.89 Å². The van der Waals surface area contributed by atoms with Crippen LogP contribution in [0.15, 0.2) is 53.1 Å². The molecule has 1 saturated carbocycles. The number of anilines is 2. The number of nitrogens with zero attached hydrogens (tertiary/aromatic N) is 6. The third-order valence-electron chi connectivity index (χ3n) is 6.03. The minimum Gasteiger partial charge on any atom is -0.366 e. The Morgan fingerprint density at radius 1 is 0.839 bits per heavy atom. The standard InChI is InChI=1S/C23H21FN6O/c24-18-7-3-4-8-19(18)29-11-13-30(14-12-29)22-17-6-2-1-5-16(17)20(26-27-22)23-25-21(28-31-23)15-9-10-15/h1-8,15H,9-14H2. The summed E-state index contributed by atoms with van der Waals surface area (Å²) in [6.07, 6.45) is 2.23. The van der Waals surface area contributed by atoms with E-state index in [4.69, 9.17) is 4.52 Å². The lowest BCUT2D eigenvalue weighted by Gasteiger charge is -2.37. The first-order chi connectivity index (χ1) is 15.3. The fourth-order valence-electron chi connectivity index (χ4n) is 4.19. The average molecular weight is 416 g/mol. The summed E-state index contributed by atoms with van der Waals surface area (Å²) >= 11 is 0. The summed E-state index contributed by atoms with van der Waals surface area (Å²) in [7, 11) is 0. The van der Waals surface area contributed by atoms with Crippen LogP contribution in [-0.2, 0) is 0 Å². The highest BCUT2D eigenvalue weighted by Crippen LogP contribution is 2.39. The van der Waals surface area contributed by atoms with E-state index in [9.17, 15) is 4.39 Å². The molecule has 0 bridgehead atoms. The van der Waals surface area contributed by atoms with Crippen LogP contribution in [0.25, 0.3) is 22.4 Å². The van der Waals surface area contributed by atoms with Crippen LogP contribution in [0, 0.1) is 5.82 Å². The predicted molar refractivity (Wildman–Crippen MR) is 116 cm³/mol. The lowest BCUT2D eigenvalue weighted by atomic mass is 10.1. The Hall–Kier alpha value is -3.55. The Balaban J connectivity index is 1.30. The molecule has 0 amide bonds. The lowest BCUT2D eigenvalue weighted by Crippen LogP contribution is -2.47. The molecule has 156 valence electrons. The molecule has 0 N–H and O–H groups in total. The highest BCUT2D eigenvalue weighted by molar-refractivity contribution is 5.99. The molecule has 0 spiro atoms. The van der Waals surface area contributed by atoms with Gasteiger partial charge in [0.1, 0.15) is 5.82 Å². The molecule has 0 unspecified atom stereocenters. The van der Waals surface area contributed by atoms with Gasteiger partial charge in [-0.1, -0.05) is 41.6 Å². The quantitative estimate of drug-likeness (QED) is 0.497. The van der Waals surface area contributed by atoms with Crippen molar-refractivity contribution < 1.29 is 8.91 Å². The van der Waals surface area contributed by atoms with Crippen molar-refractivity contribution in [2.24, 2.45) is 0 Å². The van der Waals surface area contributed by atoms with E-state index in [1.165, 1.54) is 6.07 Å². The first-order valence-electron chi connectivity index (χ1n) is 10.6. The maximum Gasteiger partial charge on any atom is 0.279 e. The third kappa shape index (κ3) is 3.28. The van der Waals surface area contributed by atoms with Gasteiger partial charge in [-0.2, -0.15) is 4.98 Å². The number of hydrogen-bond acceptors (Lipinski definition) is 7. The second-order valence-electron chi connectivity index (χ2n) is 8.08. The Morgan fingerprint density at radius 3 is 2.32 bits per heavy atom. The van der Waals surface area contributed by atoms with Gasteiger partial charge >= 0.3 is 0 Å². The molecule has 8 heteroatoms. The van der Waals surface area contributed by atoms with Gasteiger partial charge < -0.3 is 14.3 Å². The first kappa shape index (κ1) is 18.2. The van der Waals surface area contributed by atoms with Crippen molar-refractivity contribution in [2.45, 2.75) is 18.8 Å². The fraction of sp³-hybridized carbons (Fsp3) is 0.304. The highest BCUT2D eigenvalue weighted by atomic mass is 19.1. The fourth-order valence-corrected chi connectivity index (χ4v) is 4.19. The molecule has 2 fully saturated rings. The number of hydrogen-bond donors (Lipinski definition) is 0. The van der Waals surface area contributed by atoms with E-state index in [0.717, 1.165) is 48.3 Å². The largest absolute Gasteiger partial charge is 0.366 e. The highest BCUT2D eigenvalue weighted by Gasteiger charge is 2.30. The summed E-state index contributed by atoms with van der Waals surface area (Å²) < 4.78 is 19.7. The van der Waals surface area contributed by atoms with E-state index < -0.39 is 0 Å². The molecule has 4 aromatic rings. The number of benzene rings is 2. The van der Waals surface area contributed by atoms with E-state index in [1.807, 2.05) is 36.4 Å². The molecule has 1 saturated heterocycles. The third-order valence-corrected chi connectivity index (χ3v) is 6.03. The van der Waals surface area contributed by atoms with Crippen molar-refractivity contribution in [1.82, 2.24) is 20.3 Å². The van der Waals surface area contributed by atoms with Crippen molar-refractivity contribution in [3.63, 3.8) is 0 Å². The van der Waals surface area contributed by atoms with Gasteiger partial charge in [-0.05, 0) is 25.0 Å². The lowest BCUT2D eigenvalue weighted by molar-refractivity contribution is 0.421. The molecule has 31 heavy (non-hydrogen) atoms. The number of fused-ring (bicyclic) bond motifs is 1. The van der Waals surface area contributed by atoms with E-state index in [0.29, 0.717) is 36.3 Å². The number of rotatable bonds is 4. The summed E-state index contributed by atoms with van der Waals surface area (Å²) in [6.45, 7) is 2.90. The van der Waals surface area contributed by atoms with Crippen LogP contribution >= 0.6 is 0 Å². The summed E-state index contributed by atoms with van der Waals surface area (Å²) in [5.74, 6) is 2.24. The molecule has 0 radical (unpaired) electrons. The molecule has 7 nitrogen and oxygen atoms in total. The van der Waals surface area contributed by atoms with Gasteiger partial charge in [-0.25, -0.2) is 4.39 Å². The maximum atomic E-state index is 14.2. The molecule has 1 aliphatic heterocycles. The van der Waals surface area contributed by atoms with Gasteiger partial charge in [-0.15, -0.1) is 10.2 Å². The molecular weight excluding hydrogens is 395 g/mol. The van der Waals surface area contributed by atoms with Crippen LogP contribution in [0.4, 0.5) is 15.9 Å². The van der Waals surface area contributed by atoms with Crippen molar-refractivity contribution >= 4 is 22.3 Å². The number of para-hydroxylation sites is 1. The minimum atomic E-state index is -0.185. The van der Waals surface area contributed by atoms with E-state index in [2.05, 4.69) is 30.1 Å². The average Bonchev–Trinajstić information content (AvgIpc) is 3.56. The van der Waals surface area contributed by atoms with Crippen molar-refractivity contribution in [1.29, 1.82) is 0 Å². The predicted octanol–water partition coefficient (Wildman–Crippen LogP) is 4.02. The topological polar surface area (TPSA) is 71.2 Å². The van der Waals surface area contributed by atoms with E-state index in [1.54, 1.807) is 6.07 Å². The van der Waals surface area contributed by atoms with Crippen molar-refractivity contribution in [3.8, 4) is 11.6 Å². The van der Waals surface area contributed by atoms with Crippen LogP contribution in [0.5, 0.6) is 0 Å². The molecule has 3 heterocycles. The van der Waals surface area contributed by atoms with Gasteiger partial charge in [-0.3, -0.25) is 0 Å². The molecule has 0 atom stereocenters. The Morgan fingerprint density at radius 2 is 1.55 bits per heavy atom. The van der Waals surface area contributed by atoms with Gasteiger partial charge in [0.15, 0.2) is 17.3 Å². The van der Waals surface area contributed by atoms with Crippen LogP contribution in [-0.4, -0.2) is 46.5 Å². The Labute approximate surface area is 178 Å². The zero-order chi connectivity index (χ0) is 20.8. The molecule has 2 aromatic carbocycles. The van der Waals surface area contributed by atoms with Gasteiger partial charge in [0, 0.05) is 42.9 Å². The SMILES string of the molecule is Fc1ccccc1N1CCN(c2nnc(-c3nc(C4CC4)no3)c3ccccc23)CC1. The smallest absolute Gasteiger partial charge is 0.279 e. The normalized spacial score (nSPS) is 16.8. The van der Waals surface area contributed by atoms with Crippen LogP contribution in [0.1, 0.15) is 24.6 Å². The van der Waals surface area contributed by atoms with Crippen molar-refractivity contribution in [3.05, 3.63) is 60.2 Å². The summed E-state index contributed by atoms with van der Waals surface area (Å²) in [5.41, 5.74) is 1.26. The minimum absolute atomic E-state index is 0.185. The monoisotopic (exact) mass is 416 g/mol. The van der Waals surface area contributed by atoms with E-state index >= 15 is 0 Å². The molecular formula is C23H21FN6O. The second kappa shape index (κ2) is 7.30. The number of piperazine rings is 1. The van der Waals surface area contributed by atoms with Gasteiger partial charge in [0.2, 0.25) is 0 Å². The number of halogens is 1. The summed E-state index contributed by atoms with van der Waals surface area (Å²) in [5, 5.41) is 15.1. The second-order valence-corrected chi connectivity index (χ2v) is 8.08. The van der Waals surface area contributed by atoms with Crippen LogP contribution in [0.3, 0.4) is 0 Å². The van der Waals surface area contributed by atoms with Gasteiger partial charge in [0.05, 0.1) is 5.69 Å². The summed E-state index contributed by atoms with van der Waals surface area (Å²) in [4.78, 5) is 8.84. The van der Waals surface area contributed by atoms with Crippen LogP contribution < -0.4 is 9.80 Å². The zero-order valence-electron chi connectivity index (χ0n) is 16.9. The molecule has 2 aliphatic rings. The molecule has 2 aromatic heterocycles. The van der Waals surface area contributed by atoms with Crippen LogP contribution in [0.2, 0.25) is 0 Å². The zero-order valence-corrected chi connectivity index (χ0v) is 16.9. The molecule has 6 rings (SSSR count). The maximum absolute atomic E-state index is 14.2. The van der Waals surface area contributed by atoms with E-state index in [-0.39, 0.29) is 5.82 Å².